The van der Waals surface area contributed by atoms with E-state index in [2.05, 4.69) is 0 Å². The number of carbonyl (C=O) groups is 2. The van der Waals surface area contributed by atoms with E-state index in [9.17, 15) is 9.59 Å². The number of rotatable bonds is 3. The SMILES string of the molecule is CCN.O=C1C=C(N2CC2)C(=O)C(N2CC2)=C1N1CC1. The van der Waals surface area contributed by atoms with E-state index in [4.69, 9.17) is 5.73 Å². The molecule has 4 aliphatic rings. The number of ketones is 2. The van der Waals surface area contributed by atoms with Crippen molar-refractivity contribution in [2.45, 2.75) is 6.92 Å². The normalized spacial score (nSPS) is 23.5. The maximum absolute atomic E-state index is 12.4. The smallest absolute Gasteiger partial charge is 0.227 e. The number of Topliss-reactive ketones (excluding diaryl/α,β-unsaturated/α-hetero) is 1. The van der Waals surface area contributed by atoms with E-state index in [1.165, 1.54) is 6.08 Å². The lowest BCUT2D eigenvalue weighted by molar-refractivity contribution is -0.117. The zero-order valence-corrected chi connectivity index (χ0v) is 11.8. The highest BCUT2D eigenvalue weighted by Crippen LogP contribution is 2.33. The van der Waals surface area contributed by atoms with Crippen molar-refractivity contribution in [3.63, 3.8) is 0 Å². The lowest BCUT2D eigenvalue weighted by Gasteiger charge is -2.21. The van der Waals surface area contributed by atoms with Crippen LogP contribution in [-0.4, -0.2) is 72.1 Å². The average Bonchev–Trinajstić information content (AvgIpc) is 3.28. The Bertz CT molecular complexity index is 511. The van der Waals surface area contributed by atoms with Gasteiger partial charge in [-0.05, 0) is 6.54 Å². The summed E-state index contributed by atoms with van der Waals surface area (Å²) in [6.07, 6.45) is 1.52. The van der Waals surface area contributed by atoms with Crippen molar-refractivity contribution in [2.24, 2.45) is 5.73 Å². The molecule has 0 radical (unpaired) electrons. The van der Waals surface area contributed by atoms with E-state index >= 15 is 0 Å². The highest BCUT2D eigenvalue weighted by molar-refractivity contribution is 6.22. The van der Waals surface area contributed by atoms with Gasteiger partial charge in [-0.3, -0.25) is 9.59 Å². The second-order valence-corrected chi connectivity index (χ2v) is 5.29. The largest absolute Gasteiger partial charge is 0.365 e. The molecule has 3 saturated heterocycles. The third kappa shape index (κ3) is 2.43. The maximum atomic E-state index is 12.4. The van der Waals surface area contributed by atoms with E-state index in [0.29, 0.717) is 17.1 Å². The Labute approximate surface area is 118 Å². The monoisotopic (exact) mass is 276 g/mol. The first-order chi connectivity index (χ1) is 9.67. The molecule has 20 heavy (non-hydrogen) atoms. The molecular formula is C14H20N4O2. The Morgan fingerprint density at radius 3 is 1.85 bits per heavy atom. The van der Waals surface area contributed by atoms with Gasteiger partial charge in [-0.2, -0.15) is 0 Å². The Morgan fingerprint density at radius 1 is 0.950 bits per heavy atom. The quantitative estimate of drug-likeness (QED) is 0.535. The van der Waals surface area contributed by atoms with Gasteiger partial charge >= 0.3 is 0 Å². The van der Waals surface area contributed by atoms with Gasteiger partial charge in [0.1, 0.15) is 11.4 Å². The van der Waals surface area contributed by atoms with Crippen LogP contribution in [0.1, 0.15) is 6.92 Å². The molecule has 0 bridgehead atoms. The lowest BCUT2D eigenvalue weighted by atomic mass is 10.0. The second-order valence-electron chi connectivity index (χ2n) is 5.29. The molecule has 0 amide bonds. The fraction of sp³-hybridized carbons (Fsp3) is 0.571. The molecule has 0 saturated carbocycles. The molecule has 0 spiro atoms. The van der Waals surface area contributed by atoms with Crippen LogP contribution in [0.5, 0.6) is 0 Å². The summed E-state index contributed by atoms with van der Waals surface area (Å²) in [6.45, 7) is 8.06. The van der Waals surface area contributed by atoms with Gasteiger partial charge in [-0.1, -0.05) is 6.92 Å². The van der Waals surface area contributed by atoms with Gasteiger partial charge in [-0.15, -0.1) is 0 Å². The van der Waals surface area contributed by atoms with E-state index < -0.39 is 0 Å². The Balaban J connectivity index is 0.000000373. The van der Waals surface area contributed by atoms with Gasteiger partial charge in [-0.25, -0.2) is 0 Å². The molecule has 3 heterocycles. The van der Waals surface area contributed by atoms with Crippen LogP contribution in [-0.2, 0) is 9.59 Å². The van der Waals surface area contributed by atoms with Crippen molar-refractivity contribution in [1.82, 2.24) is 14.7 Å². The zero-order chi connectivity index (χ0) is 14.3. The van der Waals surface area contributed by atoms with E-state index in [0.717, 1.165) is 45.8 Å². The number of carbonyl (C=O) groups excluding carboxylic acids is 2. The number of hydrogen-bond donors (Lipinski definition) is 1. The molecule has 0 aromatic rings. The van der Waals surface area contributed by atoms with E-state index in [1.54, 1.807) is 0 Å². The summed E-state index contributed by atoms with van der Waals surface area (Å²) in [5.74, 6) is 0.0485. The van der Waals surface area contributed by atoms with Crippen LogP contribution in [0.4, 0.5) is 0 Å². The van der Waals surface area contributed by atoms with Crippen molar-refractivity contribution in [1.29, 1.82) is 0 Å². The molecule has 0 aromatic heterocycles. The summed E-state index contributed by atoms with van der Waals surface area (Å²) in [5, 5.41) is 0. The van der Waals surface area contributed by atoms with Crippen LogP contribution in [0.2, 0.25) is 0 Å². The number of nitrogens with zero attached hydrogens (tertiary/aromatic N) is 3. The molecule has 4 rings (SSSR count). The molecule has 6 nitrogen and oxygen atoms in total. The predicted molar refractivity (Wildman–Crippen MR) is 74.6 cm³/mol. The van der Waals surface area contributed by atoms with Crippen LogP contribution in [0.15, 0.2) is 23.2 Å². The summed E-state index contributed by atoms with van der Waals surface area (Å²) < 4.78 is 0. The van der Waals surface area contributed by atoms with Crippen LogP contribution in [0.25, 0.3) is 0 Å². The minimum atomic E-state index is 0.00546. The molecule has 2 N–H and O–H groups in total. The van der Waals surface area contributed by atoms with Crippen LogP contribution in [0, 0.1) is 0 Å². The summed E-state index contributed by atoms with van der Waals surface area (Å²) in [5.41, 5.74) is 6.73. The first-order valence-corrected chi connectivity index (χ1v) is 7.17. The van der Waals surface area contributed by atoms with Gasteiger partial charge in [0.2, 0.25) is 11.6 Å². The summed E-state index contributed by atoms with van der Waals surface area (Å²) in [6, 6.07) is 0. The van der Waals surface area contributed by atoms with Gasteiger partial charge < -0.3 is 20.4 Å². The summed E-state index contributed by atoms with van der Waals surface area (Å²) in [4.78, 5) is 30.5. The minimum absolute atomic E-state index is 0.00546. The van der Waals surface area contributed by atoms with Gasteiger partial charge in [0.05, 0.1) is 5.70 Å². The third-order valence-corrected chi connectivity index (χ3v) is 3.49. The third-order valence-electron chi connectivity index (χ3n) is 3.49. The number of hydrogen-bond acceptors (Lipinski definition) is 6. The predicted octanol–water partition coefficient (Wildman–Crippen LogP) is -0.854. The van der Waals surface area contributed by atoms with E-state index in [-0.39, 0.29) is 11.6 Å². The molecule has 0 unspecified atom stereocenters. The molecular weight excluding hydrogens is 256 g/mol. The molecule has 6 heteroatoms. The average molecular weight is 276 g/mol. The minimum Gasteiger partial charge on any atom is -0.365 e. The fourth-order valence-corrected chi connectivity index (χ4v) is 2.28. The maximum Gasteiger partial charge on any atom is 0.227 e. The molecule has 0 atom stereocenters. The van der Waals surface area contributed by atoms with Gasteiger partial charge in [0, 0.05) is 45.3 Å². The molecule has 3 aliphatic heterocycles. The first-order valence-electron chi connectivity index (χ1n) is 7.17. The fourth-order valence-electron chi connectivity index (χ4n) is 2.28. The highest BCUT2D eigenvalue weighted by Gasteiger charge is 2.43. The highest BCUT2D eigenvalue weighted by atomic mass is 16.1. The second kappa shape index (κ2) is 4.94. The van der Waals surface area contributed by atoms with Gasteiger partial charge in [0.15, 0.2) is 0 Å². The number of nitrogens with two attached hydrogens (primary N) is 1. The first kappa shape index (κ1) is 13.2. The van der Waals surface area contributed by atoms with E-state index in [1.807, 2.05) is 21.6 Å². The van der Waals surface area contributed by atoms with Crippen molar-refractivity contribution < 1.29 is 9.59 Å². The van der Waals surface area contributed by atoms with Crippen molar-refractivity contribution in [3.8, 4) is 0 Å². The Morgan fingerprint density at radius 2 is 1.40 bits per heavy atom. The summed E-state index contributed by atoms with van der Waals surface area (Å²) >= 11 is 0. The standard InChI is InChI=1S/C12H13N3O2.C2H7N/c16-9-7-8(13-1-2-13)12(17)11(15-5-6-15)10(9)14-3-4-14;1-2-3/h7H,1-6H2;2-3H2,1H3. The number of allylic oxidation sites excluding steroid dienone is 1. The lowest BCUT2D eigenvalue weighted by Crippen LogP contribution is -2.29. The zero-order valence-electron chi connectivity index (χ0n) is 11.8. The summed E-state index contributed by atoms with van der Waals surface area (Å²) in [7, 11) is 0. The van der Waals surface area contributed by atoms with Crippen molar-refractivity contribution in [2.75, 3.05) is 45.8 Å². The molecule has 3 fully saturated rings. The van der Waals surface area contributed by atoms with Crippen molar-refractivity contribution >= 4 is 11.6 Å². The molecule has 108 valence electrons. The van der Waals surface area contributed by atoms with Gasteiger partial charge in [0.25, 0.3) is 0 Å². The van der Waals surface area contributed by atoms with Crippen molar-refractivity contribution in [3.05, 3.63) is 23.2 Å². The Kier molecular flexibility index (Phi) is 3.25. The van der Waals surface area contributed by atoms with Crippen LogP contribution in [0.3, 0.4) is 0 Å². The van der Waals surface area contributed by atoms with Crippen LogP contribution < -0.4 is 5.73 Å². The molecule has 1 aliphatic carbocycles. The van der Waals surface area contributed by atoms with Crippen LogP contribution >= 0.6 is 0 Å². The molecule has 0 aromatic carbocycles. The Hall–Kier alpha value is -1.82. The topological polar surface area (TPSA) is 69.2 Å².